The smallest absolute Gasteiger partial charge is 0.222 e. The Bertz CT molecular complexity index is 536. The molecule has 6 heteroatoms. The van der Waals surface area contributed by atoms with E-state index in [2.05, 4.69) is 33.7 Å². The third-order valence-electron chi connectivity index (χ3n) is 5.63. The predicted octanol–water partition coefficient (Wildman–Crippen LogP) is 1.89. The predicted molar refractivity (Wildman–Crippen MR) is 97.3 cm³/mol. The molecule has 134 valence electrons. The van der Waals surface area contributed by atoms with Crippen LogP contribution in [0.15, 0.2) is 16.8 Å². The van der Waals surface area contributed by atoms with E-state index in [0.29, 0.717) is 19.6 Å². The van der Waals surface area contributed by atoms with Crippen molar-refractivity contribution in [1.82, 2.24) is 14.7 Å². The van der Waals surface area contributed by atoms with Crippen molar-refractivity contribution in [3.63, 3.8) is 0 Å². The van der Waals surface area contributed by atoms with E-state index < -0.39 is 0 Å². The van der Waals surface area contributed by atoms with Crippen molar-refractivity contribution < 1.29 is 9.53 Å². The van der Waals surface area contributed by atoms with E-state index in [1.165, 1.54) is 5.56 Å². The van der Waals surface area contributed by atoms with Crippen molar-refractivity contribution in [2.75, 3.05) is 53.5 Å². The first-order chi connectivity index (χ1) is 11.6. The Labute approximate surface area is 149 Å². The van der Waals surface area contributed by atoms with E-state index in [4.69, 9.17) is 4.74 Å². The molecule has 1 aromatic rings. The second kappa shape index (κ2) is 7.95. The molecule has 0 N–H and O–H groups in total. The van der Waals surface area contributed by atoms with E-state index >= 15 is 0 Å². The maximum Gasteiger partial charge on any atom is 0.222 e. The van der Waals surface area contributed by atoms with Crippen molar-refractivity contribution >= 4 is 17.2 Å². The zero-order valence-corrected chi connectivity index (χ0v) is 15.7. The fraction of sp³-hybridized carbons (Fsp3) is 0.722. The Hall–Kier alpha value is -0.950. The van der Waals surface area contributed by atoms with Gasteiger partial charge in [-0.1, -0.05) is 0 Å². The fourth-order valence-electron chi connectivity index (χ4n) is 3.99. The summed E-state index contributed by atoms with van der Waals surface area (Å²) < 4.78 is 5.16. The molecule has 0 aliphatic carbocycles. The molecule has 1 unspecified atom stereocenters. The highest BCUT2D eigenvalue weighted by Gasteiger charge is 2.42. The molecule has 2 aliphatic rings. The summed E-state index contributed by atoms with van der Waals surface area (Å²) in [5.74, 6) is 0.285. The Kier molecular flexibility index (Phi) is 5.92. The quantitative estimate of drug-likeness (QED) is 0.812. The summed E-state index contributed by atoms with van der Waals surface area (Å²) in [6.07, 6.45) is 2.67. The maximum absolute atomic E-state index is 12.4. The number of ether oxygens (including phenoxy) is 1. The second-order valence-corrected chi connectivity index (χ2v) is 7.89. The number of rotatable bonds is 5. The van der Waals surface area contributed by atoms with Gasteiger partial charge < -0.3 is 9.64 Å². The average Bonchev–Trinajstić information content (AvgIpc) is 3.03. The SMILES string of the molecule is COCCN1CCC2(CCC1=O)CN(Cc1ccsc1)CCN2C. The molecule has 0 radical (unpaired) electrons. The van der Waals surface area contributed by atoms with Gasteiger partial charge in [-0.05, 0) is 42.3 Å². The van der Waals surface area contributed by atoms with E-state index in [1.54, 1.807) is 18.4 Å². The molecule has 0 aromatic carbocycles. The van der Waals surface area contributed by atoms with Gasteiger partial charge in [0.25, 0.3) is 0 Å². The molecule has 1 aromatic heterocycles. The zero-order valence-electron chi connectivity index (χ0n) is 14.9. The van der Waals surface area contributed by atoms with Gasteiger partial charge in [-0.15, -0.1) is 0 Å². The van der Waals surface area contributed by atoms with Crippen LogP contribution >= 0.6 is 11.3 Å². The van der Waals surface area contributed by atoms with Crippen molar-refractivity contribution in [2.45, 2.75) is 31.3 Å². The van der Waals surface area contributed by atoms with E-state index in [9.17, 15) is 4.79 Å². The van der Waals surface area contributed by atoms with Gasteiger partial charge in [0.15, 0.2) is 0 Å². The molecule has 2 fully saturated rings. The Morgan fingerprint density at radius 1 is 1.29 bits per heavy atom. The molecule has 3 heterocycles. The summed E-state index contributed by atoms with van der Waals surface area (Å²) >= 11 is 1.77. The molecule has 24 heavy (non-hydrogen) atoms. The molecular weight excluding hydrogens is 322 g/mol. The molecule has 0 bridgehead atoms. The summed E-state index contributed by atoms with van der Waals surface area (Å²) in [6.45, 7) is 6.46. The number of methoxy groups -OCH3 is 1. The largest absolute Gasteiger partial charge is 0.383 e. The minimum absolute atomic E-state index is 0.131. The maximum atomic E-state index is 12.4. The lowest BCUT2D eigenvalue weighted by Gasteiger charge is -2.49. The summed E-state index contributed by atoms with van der Waals surface area (Å²) in [4.78, 5) is 19.5. The normalized spacial score (nSPS) is 26.9. The first kappa shape index (κ1) is 17.9. The Morgan fingerprint density at radius 2 is 2.17 bits per heavy atom. The minimum atomic E-state index is 0.131. The van der Waals surface area contributed by atoms with Crippen LogP contribution in [0.2, 0.25) is 0 Å². The second-order valence-electron chi connectivity index (χ2n) is 7.11. The molecule has 1 spiro atoms. The van der Waals surface area contributed by atoms with Gasteiger partial charge in [-0.2, -0.15) is 11.3 Å². The Balaban J connectivity index is 1.66. The molecule has 3 rings (SSSR count). The van der Waals surface area contributed by atoms with Crippen molar-refractivity contribution in [3.8, 4) is 0 Å². The number of carbonyl (C=O) groups excluding carboxylic acids is 1. The van der Waals surface area contributed by atoms with Crippen LogP contribution in [-0.2, 0) is 16.1 Å². The van der Waals surface area contributed by atoms with Gasteiger partial charge in [0, 0.05) is 58.3 Å². The summed E-state index contributed by atoms with van der Waals surface area (Å²) in [7, 11) is 3.93. The van der Waals surface area contributed by atoms with Crippen LogP contribution in [0.4, 0.5) is 0 Å². The zero-order chi connectivity index (χ0) is 17.0. The number of thiophene rings is 1. The lowest BCUT2D eigenvalue weighted by Crippen LogP contribution is -2.60. The fourth-order valence-corrected chi connectivity index (χ4v) is 4.65. The summed E-state index contributed by atoms with van der Waals surface area (Å²) in [5.41, 5.74) is 1.54. The van der Waals surface area contributed by atoms with Gasteiger partial charge in [-0.3, -0.25) is 14.6 Å². The van der Waals surface area contributed by atoms with Gasteiger partial charge in [-0.25, -0.2) is 0 Å². The Morgan fingerprint density at radius 3 is 2.92 bits per heavy atom. The van der Waals surface area contributed by atoms with Crippen LogP contribution in [0, 0.1) is 0 Å². The molecule has 1 atom stereocenters. The molecule has 2 saturated heterocycles. The summed E-state index contributed by atoms with van der Waals surface area (Å²) in [5, 5.41) is 4.40. The third-order valence-corrected chi connectivity index (χ3v) is 6.37. The monoisotopic (exact) mass is 351 g/mol. The minimum Gasteiger partial charge on any atom is -0.383 e. The standard InChI is InChI=1S/C18H29N3O2S/c1-19-8-9-20(13-16-4-12-24-14-16)15-18(19)5-3-17(22)21(7-6-18)10-11-23-2/h4,12,14H,3,5-11,13,15H2,1-2H3. The number of hydrogen-bond acceptors (Lipinski definition) is 5. The van der Waals surface area contributed by atoms with Gasteiger partial charge in [0.2, 0.25) is 5.91 Å². The highest BCUT2D eigenvalue weighted by atomic mass is 32.1. The van der Waals surface area contributed by atoms with E-state index in [-0.39, 0.29) is 11.4 Å². The van der Waals surface area contributed by atoms with E-state index in [0.717, 1.165) is 45.6 Å². The average molecular weight is 352 g/mol. The lowest BCUT2D eigenvalue weighted by molar-refractivity contribution is -0.131. The van der Waals surface area contributed by atoms with Gasteiger partial charge in [0.1, 0.15) is 0 Å². The molecule has 5 nitrogen and oxygen atoms in total. The van der Waals surface area contributed by atoms with Crippen molar-refractivity contribution in [3.05, 3.63) is 22.4 Å². The first-order valence-electron chi connectivity index (χ1n) is 8.84. The van der Waals surface area contributed by atoms with E-state index in [1.807, 2.05) is 4.90 Å². The highest BCUT2D eigenvalue weighted by molar-refractivity contribution is 7.07. The van der Waals surface area contributed by atoms with Crippen LogP contribution in [0.3, 0.4) is 0 Å². The van der Waals surface area contributed by atoms with Crippen LogP contribution in [0.5, 0.6) is 0 Å². The number of likely N-dealkylation sites (N-methyl/N-ethyl adjacent to an activating group) is 1. The number of piperazine rings is 1. The molecule has 1 amide bonds. The number of hydrogen-bond donors (Lipinski definition) is 0. The van der Waals surface area contributed by atoms with Crippen LogP contribution < -0.4 is 0 Å². The number of nitrogens with zero attached hydrogens (tertiary/aromatic N) is 3. The van der Waals surface area contributed by atoms with Crippen molar-refractivity contribution in [2.24, 2.45) is 0 Å². The van der Waals surface area contributed by atoms with Crippen LogP contribution in [0.1, 0.15) is 24.8 Å². The van der Waals surface area contributed by atoms with Crippen molar-refractivity contribution in [1.29, 1.82) is 0 Å². The third kappa shape index (κ3) is 3.99. The number of amides is 1. The number of likely N-dealkylation sites (tertiary alicyclic amines) is 1. The number of carbonyl (C=O) groups is 1. The lowest BCUT2D eigenvalue weighted by atomic mass is 9.86. The summed E-state index contributed by atoms with van der Waals surface area (Å²) in [6, 6.07) is 2.22. The molecule has 0 saturated carbocycles. The highest BCUT2D eigenvalue weighted by Crippen LogP contribution is 2.32. The van der Waals surface area contributed by atoms with Gasteiger partial charge in [0.05, 0.1) is 6.61 Å². The van der Waals surface area contributed by atoms with Crippen LogP contribution in [0.25, 0.3) is 0 Å². The molecular formula is C18H29N3O2S. The van der Waals surface area contributed by atoms with Crippen LogP contribution in [-0.4, -0.2) is 79.6 Å². The topological polar surface area (TPSA) is 36.0 Å². The molecule has 2 aliphatic heterocycles. The van der Waals surface area contributed by atoms with Gasteiger partial charge >= 0.3 is 0 Å². The first-order valence-corrected chi connectivity index (χ1v) is 9.79.